The Labute approximate surface area is 351 Å². The van der Waals surface area contributed by atoms with Crippen molar-refractivity contribution in [2.75, 3.05) is 0 Å². The van der Waals surface area contributed by atoms with Crippen molar-refractivity contribution in [3.63, 3.8) is 0 Å². The molecule has 0 unspecified atom stereocenters. The Hall–Kier alpha value is -4.98. The molecule has 0 radical (unpaired) electrons. The number of phenolic OH excluding ortho intramolecular Hbond substituents is 2. The van der Waals surface area contributed by atoms with Crippen LogP contribution in [0.25, 0.3) is 0 Å². The number of hydrogen-bond donors (Lipinski definition) is 4. The van der Waals surface area contributed by atoms with E-state index >= 15 is 0 Å². The summed E-state index contributed by atoms with van der Waals surface area (Å²) in [6.45, 7) is 16.6. The number of benzene rings is 4. The Kier molecular flexibility index (Phi) is 22.2. The number of carboxylic acids is 2. The summed E-state index contributed by atoms with van der Waals surface area (Å²) in [7, 11) is 0. The molecule has 0 amide bonds. The average molecular weight is 873 g/mol. The van der Waals surface area contributed by atoms with Gasteiger partial charge >= 0.3 is 32.4 Å². The van der Waals surface area contributed by atoms with Crippen molar-refractivity contribution in [1.82, 2.24) is 0 Å². The number of aryl methyl sites for hydroxylation is 6. The van der Waals surface area contributed by atoms with Gasteiger partial charge in [-0.25, -0.2) is 9.59 Å². The molecule has 0 aliphatic rings. The quantitative estimate of drug-likeness (QED) is 0.0516. The second-order valence-electron chi connectivity index (χ2n) is 13.9. The van der Waals surface area contributed by atoms with Gasteiger partial charge in [-0.1, -0.05) is 89.1 Å². The maximum Gasteiger partial charge on any atom is 2.00 e. The monoisotopic (exact) mass is 872 g/mol. The van der Waals surface area contributed by atoms with Gasteiger partial charge in [0.2, 0.25) is 0 Å². The van der Waals surface area contributed by atoms with E-state index in [9.17, 15) is 19.8 Å². The zero-order valence-corrected chi connectivity index (χ0v) is 36.0. The van der Waals surface area contributed by atoms with Gasteiger partial charge in [0.1, 0.15) is 11.5 Å². The molecule has 4 rings (SSSR count). The topological polar surface area (TPSA) is 186 Å². The molecule has 4 aromatic carbocycles. The first kappa shape index (κ1) is 50.0. The van der Waals surface area contributed by atoms with E-state index < -0.39 is 34.9 Å². The smallest absolute Gasteiger partial charge is 0.869 e. The van der Waals surface area contributed by atoms with Crippen LogP contribution in [-0.4, -0.2) is 43.8 Å². The van der Waals surface area contributed by atoms with E-state index in [-0.39, 0.29) is 31.5 Å². The molecule has 0 atom stereocenters. The minimum atomic E-state index is -1.29. The van der Waals surface area contributed by atoms with Crippen LogP contribution in [0, 0.1) is 27.7 Å². The van der Waals surface area contributed by atoms with E-state index in [4.69, 9.17) is 30.4 Å². The van der Waals surface area contributed by atoms with Gasteiger partial charge in [-0.2, -0.15) is 0 Å². The summed E-state index contributed by atoms with van der Waals surface area (Å²) in [5.41, 5.74) is 9.72. The molecule has 0 aliphatic carbocycles. The molecule has 0 bridgehead atoms. The molecule has 0 fully saturated rings. The Morgan fingerprint density at radius 2 is 0.895 bits per heavy atom. The summed E-state index contributed by atoms with van der Waals surface area (Å²) < 4.78 is 0. The summed E-state index contributed by atoms with van der Waals surface area (Å²) in [6.07, 6.45) is 10.2. The molecule has 57 heavy (non-hydrogen) atoms. The third-order valence-corrected chi connectivity index (χ3v) is 8.94. The summed E-state index contributed by atoms with van der Waals surface area (Å²) in [6, 6.07) is 18.5. The maximum atomic E-state index is 11.2. The standard InChI is InChI=1S/C28H40N2.2C9H10O4.Pd/c1-7-9-11-12-14-28(30-26-19-23(5)16-24(6)20-26)27(13-10-8-2)29-25-17-21(3)15-22(4)18-25;2*1-2-5-3-4-6(10)8(11)7(5)9(12)13;/h15-20H,7-14H2,1-6H3;2*3-4,10-11H,2H2,1H3,(H,12,13);/q;;;+2/p-2. The second kappa shape index (κ2) is 25.3. The number of aromatic hydroxyl groups is 2. The molecular formula is C46H58N2O8Pd. The average Bonchev–Trinajstić information content (AvgIpc) is 3.13. The van der Waals surface area contributed by atoms with Crippen LogP contribution in [0.15, 0.2) is 70.6 Å². The van der Waals surface area contributed by atoms with Crippen LogP contribution in [0.2, 0.25) is 0 Å². The Morgan fingerprint density at radius 3 is 1.21 bits per heavy atom. The first-order valence-electron chi connectivity index (χ1n) is 19.4. The van der Waals surface area contributed by atoms with Crippen LogP contribution in [-0.2, 0) is 33.3 Å². The Balaban J connectivity index is 0.000000496. The predicted molar refractivity (Wildman–Crippen MR) is 222 cm³/mol. The number of aromatic carboxylic acids is 2. The number of carboxylic acid groups (broad SMARTS) is 2. The van der Waals surface area contributed by atoms with Crippen molar-refractivity contribution < 1.29 is 60.7 Å². The normalized spacial score (nSPS) is 11.1. The van der Waals surface area contributed by atoms with Crippen LogP contribution >= 0.6 is 0 Å². The van der Waals surface area contributed by atoms with Crippen molar-refractivity contribution in [3.8, 4) is 23.0 Å². The van der Waals surface area contributed by atoms with E-state index in [0.29, 0.717) is 24.0 Å². The third-order valence-electron chi connectivity index (χ3n) is 8.94. The predicted octanol–water partition coefficient (Wildman–Crippen LogP) is 10.4. The molecule has 10 nitrogen and oxygen atoms in total. The van der Waals surface area contributed by atoms with Crippen molar-refractivity contribution in [3.05, 3.63) is 105 Å². The molecule has 0 spiro atoms. The minimum absolute atomic E-state index is 0. The molecular weight excluding hydrogens is 815 g/mol. The van der Waals surface area contributed by atoms with Gasteiger partial charge in [0.25, 0.3) is 0 Å². The number of nitrogens with zero attached hydrogens (tertiary/aromatic N) is 2. The molecule has 310 valence electrons. The van der Waals surface area contributed by atoms with E-state index in [1.807, 2.05) is 0 Å². The van der Waals surface area contributed by atoms with Crippen molar-refractivity contribution >= 4 is 34.7 Å². The molecule has 4 aromatic rings. The summed E-state index contributed by atoms with van der Waals surface area (Å²) >= 11 is 0. The fraction of sp³-hybridized carbons (Fsp3) is 0.391. The number of aliphatic imine (C=N–C) groups is 2. The summed E-state index contributed by atoms with van der Waals surface area (Å²) in [4.78, 5) is 31.6. The fourth-order valence-electron chi connectivity index (χ4n) is 6.22. The fourth-order valence-corrected chi connectivity index (χ4v) is 6.22. The van der Waals surface area contributed by atoms with Gasteiger partial charge in [-0.15, -0.1) is 0 Å². The zero-order chi connectivity index (χ0) is 41.9. The molecule has 0 aromatic heterocycles. The largest absolute Gasteiger partial charge is 2.00 e. The van der Waals surface area contributed by atoms with Crippen LogP contribution < -0.4 is 10.2 Å². The molecule has 0 heterocycles. The number of carbonyl (C=O) groups is 2. The van der Waals surface area contributed by atoms with Crippen LogP contribution in [0.1, 0.15) is 133 Å². The first-order valence-corrected chi connectivity index (χ1v) is 19.4. The Morgan fingerprint density at radius 1 is 0.544 bits per heavy atom. The number of unbranched alkanes of at least 4 members (excludes halogenated alkanes) is 4. The third kappa shape index (κ3) is 16.2. The Bertz CT molecular complexity index is 1900. The number of phenols is 2. The van der Waals surface area contributed by atoms with Gasteiger partial charge in [-0.3, -0.25) is 9.98 Å². The molecule has 0 aliphatic heterocycles. The first-order chi connectivity index (χ1) is 26.6. The molecule has 4 N–H and O–H groups in total. The van der Waals surface area contributed by atoms with Gasteiger partial charge in [0.15, 0.2) is 0 Å². The van der Waals surface area contributed by atoms with Crippen molar-refractivity contribution in [2.24, 2.45) is 9.98 Å². The minimum Gasteiger partial charge on any atom is -0.869 e. The van der Waals surface area contributed by atoms with Gasteiger partial charge in [0, 0.05) is 0 Å². The van der Waals surface area contributed by atoms with E-state index in [2.05, 4.69) is 77.9 Å². The molecule has 11 heteroatoms. The van der Waals surface area contributed by atoms with E-state index in [1.165, 1.54) is 84.3 Å². The van der Waals surface area contributed by atoms with E-state index in [1.54, 1.807) is 13.8 Å². The van der Waals surface area contributed by atoms with Gasteiger partial charge < -0.3 is 30.6 Å². The number of rotatable bonds is 15. The summed E-state index contributed by atoms with van der Waals surface area (Å²) in [5.74, 6) is -5.25. The van der Waals surface area contributed by atoms with Gasteiger partial charge in [0.05, 0.1) is 33.9 Å². The van der Waals surface area contributed by atoms with Crippen molar-refractivity contribution in [2.45, 2.75) is 120 Å². The van der Waals surface area contributed by atoms with E-state index in [0.717, 1.165) is 36.3 Å². The summed E-state index contributed by atoms with van der Waals surface area (Å²) in [5, 5.41) is 57.7. The van der Waals surface area contributed by atoms with Crippen LogP contribution in [0.3, 0.4) is 0 Å². The van der Waals surface area contributed by atoms with Crippen LogP contribution in [0.4, 0.5) is 11.4 Å². The SMILES string of the molecule is CCCCCCC(=Nc1cc(C)cc(C)c1)C(CCCC)=Nc1cc(C)cc(C)c1.CCc1ccc(O)c([O-])c1C(=O)O.CCc1ccc(O)c([O-])c1C(=O)O.[Pd+2]. The van der Waals surface area contributed by atoms with Crippen LogP contribution in [0.5, 0.6) is 23.0 Å². The maximum absolute atomic E-state index is 11.2. The van der Waals surface area contributed by atoms with Crippen molar-refractivity contribution in [1.29, 1.82) is 0 Å². The number of hydrogen-bond acceptors (Lipinski definition) is 8. The second-order valence-corrected chi connectivity index (χ2v) is 13.9. The molecule has 0 saturated heterocycles. The molecule has 0 saturated carbocycles. The van der Waals surface area contributed by atoms with Gasteiger partial charge in [-0.05, 0) is 136 Å². The zero-order valence-electron chi connectivity index (χ0n) is 34.5.